The number of likely N-dealkylation sites (N-methyl/N-ethyl adjacent to an activating group) is 1. The Kier molecular flexibility index (Phi) is 4.99. The number of amidine groups is 1. The minimum absolute atomic E-state index is 0.172. The van der Waals surface area contributed by atoms with Crippen molar-refractivity contribution in [1.82, 2.24) is 13.9 Å². The molecule has 3 atom stereocenters. The Morgan fingerprint density at radius 2 is 2.33 bits per heavy atom. The van der Waals surface area contributed by atoms with Crippen LogP contribution in [0.25, 0.3) is 0 Å². The first-order chi connectivity index (χ1) is 9.97. The Bertz CT molecular complexity index is 588. The van der Waals surface area contributed by atoms with Crippen molar-refractivity contribution >= 4 is 41.0 Å². The summed E-state index contributed by atoms with van der Waals surface area (Å²) in [5, 5.41) is 15.1. The Balaban J connectivity index is 2.18. The van der Waals surface area contributed by atoms with E-state index in [2.05, 4.69) is 4.72 Å². The second kappa shape index (κ2) is 6.56. The highest BCUT2D eigenvalue weighted by atomic mass is 32.2. The number of thiophene rings is 1. The van der Waals surface area contributed by atoms with E-state index in [1.165, 1.54) is 20.5 Å². The molecule has 1 aromatic rings. The summed E-state index contributed by atoms with van der Waals surface area (Å²) in [6.45, 7) is 0. The monoisotopic (exact) mass is 327 g/mol. The van der Waals surface area contributed by atoms with Crippen molar-refractivity contribution in [1.29, 1.82) is 10.8 Å². The van der Waals surface area contributed by atoms with Crippen LogP contribution in [0.1, 0.15) is 22.2 Å². The topological polar surface area (TPSA) is 100 Å². The van der Waals surface area contributed by atoms with Crippen molar-refractivity contribution in [3.63, 3.8) is 0 Å². The molecule has 2 rings (SSSR count). The van der Waals surface area contributed by atoms with Crippen molar-refractivity contribution in [3.8, 4) is 0 Å². The summed E-state index contributed by atoms with van der Waals surface area (Å²) in [5.74, 6) is 0.238. The molecule has 2 heterocycles. The van der Waals surface area contributed by atoms with Crippen LogP contribution in [0, 0.1) is 10.8 Å². The number of nitrogens with zero attached hydrogens (tertiary/aromatic N) is 2. The van der Waals surface area contributed by atoms with E-state index in [-0.39, 0.29) is 17.9 Å². The summed E-state index contributed by atoms with van der Waals surface area (Å²) < 4.78 is 16.4. The molecular formula is C12H17N5O2S2. The summed E-state index contributed by atoms with van der Waals surface area (Å²) in [4.78, 5) is 14.1. The van der Waals surface area contributed by atoms with E-state index in [0.717, 1.165) is 22.4 Å². The minimum atomic E-state index is -1.40. The smallest absolute Gasteiger partial charge is 0.170 e. The van der Waals surface area contributed by atoms with E-state index in [1.54, 1.807) is 20.2 Å². The average Bonchev–Trinajstić information content (AvgIpc) is 2.98. The first kappa shape index (κ1) is 16.0. The Hall–Kier alpha value is -1.42. The molecule has 1 fully saturated rings. The number of carbonyl (C=O) groups is 1. The fourth-order valence-electron chi connectivity index (χ4n) is 1.99. The van der Waals surface area contributed by atoms with Crippen molar-refractivity contribution in [3.05, 3.63) is 21.9 Å². The first-order valence-electron chi connectivity index (χ1n) is 6.26. The van der Waals surface area contributed by atoms with Gasteiger partial charge in [-0.1, -0.05) is 0 Å². The van der Waals surface area contributed by atoms with E-state index in [1.807, 2.05) is 6.07 Å². The molecule has 1 aliphatic rings. The van der Waals surface area contributed by atoms with E-state index in [4.69, 9.17) is 10.8 Å². The zero-order valence-corrected chi connectivity index (χ0v) is 13.3. The molecule has 0 amide bonds. The number of aldehydes is 1. The van der Waals surface area contributed by atoms with Gasteiger partial charge < -0.3 is 9.69 Å². The van der Waals surface area contributed by atoms with Gasteiger partial charge in [0.15, 0.2) is 11.2 Å². The summed E-state index contributed by atoms with van der Waals surface area (Å²) in [6, 6.07) is 3.12. The maximum atomic E-state index is 11.9. The fourth-order valence-corrected chi connectivity index (χ4v) is 4.14. The van der Waals surface area contributed by atoms with Gasteiger partial charge in [-0.15, -0.1) is 11.3 Å². The van der Waals surface area contributed by atoms with Crippen LogP contribution < -0.4 is 4.72 Å². The predicted octanol–water partition coefficient (Wildman–Crippen LogP) is 0.725. The lowest BCUT2D eigenvalue weighted by Crippen LogP contribution is -2.48. The maximum absolute atomic E-state index is 11.9. The molecule has 21 heavy (non-hydrogen) atoms. The third-order valence-electron chi connectivity index (χ3n) is 3.36. The molecule has 3 unspecified atom stereocenters. The zero-order chi connectivity index (χ0) is 15.6. The van der Waals surface area contributed by atoms with Crippen LogP contribution in [0.15, 0.2) is 12.1 Å². The van der Waals surface area contributed by atoms with Gasteiger partial charge in [-0.3, -0.25) is 10.8 Å². The van der Waals surface area contributed by atoms with Crippen LogP contribution >= 0.6 is 11.3 Å². The molecule has 1 aromatic heterocycles. The normalized spacial score (nSPS) is 26.3. The van der Waals surface area contributed by atoms with E-state index in [0.29, 0.717) is 6.42 Å². The highest BCUT2D eigenvalue weighted by Gasteiger charge is 2.32. The molecule has 7 nitrogen and oxygen atoms in total. The summed E-state index contributed by atoms with van der Waals surface area (Å²) in [6.07, 6.45) is 2.43. The first-order valence-corrected chi connectivity index (χ1v) is 8.18. The molecule has 0 saturated carbocycles. The van der Waals surface area contributed by atoms with E-state index >= 15 is 0 Å². The quantitative estimate of drug-likeness (QED) is 0.431. The van der Waals surface area contributed by atoms with Gasteiger partial charge in [0, 0.05) is 19.0 Å². The van der Waals surface area contributed by atoms with Gasteiger partial charge in [-0.05, 0) is 18.6 Å². The van der Waals surface area contributed by atoms with Crippen LogP contribution in [0.5, 0.6) is 0 Å². The number of hydrogen-bond donors (Lipinski definition) is 3. The Morgan fingerprint density at radius 1 is 1.62 bits per heavy atom. The molecule has 1 aliphatic heterocycles. The van der Waals surface area contributed by atoms with E-state index in [9.17, 15) is 9.00 Å². The molecular weight excluding hydrogens is 310 g/mol. The summed E-state index contributed by atoms with van der Waals surface area (Å²) in [7, 11) is 3.28. The highest BCUT2D eigenvalue weighted by Crippen LogP contribution is 2.30. The third-order valence-corrected chi connectivity index (χ3v) is 5.84. The molecule has 1 saturated heterocycles. The van der Waals surface area contributed by atoms with Gasteiger partial charge in [0.1, 0.15) is 12.1 Å². The lowest BCUT2D eigenvalue weighted by Gasteiger charge is -2.32. The second-order valence-electron chi connectivity index (χ2n) is 4.70. The van der Waals surface area contributed by atoms with E-state index < -0.39 is 11.2 Å². The van der Waals surface area contributed by atoms with Crippen LogP contribution in [0.2, 0.25) is 0 Å². The zero-order valence-electron chi connectivity index (χ0n) is 11.7. The second-order valence-corrected chi connectivity index (χ2v) is 7.12. The standard InChI is InChI=1S/C12H17N5O2S2/c1-16(7-13)12(14)11-4-3-10(20-11)9-5-8(6-18)17(2)21(19)15-9/h3-4,6-9,13-15H,5H2,1-2H3. The molecule has 9 heteroatoms. The highest BCUT2D eigenvalue weighted by molar-refractivity contribution is 7.80. The van der Waals surface area contributed by atoms with Crippen LogP contribution in [0.3, 0.4) is 0 Å². The molecule has 3 N–H and O–H groups in total. The van der Waals surface area contributed by atoms with Gasteiger partial charge in [0.05, 0.1) is 23.3 Å². The van der Waals surface area contributed by atoms with Gasteiger partial charge in [-0.25, -0.2) is 13.2 Å². The largest absolute Gasteiger partial charge is 0.320 e. The summed E-state index contributed by atoms with van der Waals surface area (Å²) >= 11 is 0.00724. The Labute approximate surface area is 129 Å². The van der Waals surface area contributed by atoms with Crippen LogP contribution in [0.4, 0.5) is 0 Å². The molecule has 114 valence electrons. The minimum Gasteiger partial charge on any atom is -0.320 e. The molecule has 0 aliphatic carbocycles. The lowest BCUT2D eigenvalue weighted by atomic mass is 10.1. The number of carbonyl (C=O) groups excluding carboxylic acids is 1. The molecule has 0 aromatic carbocycles. The number of nitrogens with one attached hydrogen (secondary N) is 3. The van der Waals surface area contributed by atoms with Crippen LogP contribution in [-0.4, -0.2) is 52.0 Å². The Morgan fingerprint density at radius 3 is 2.95 bits per heavy atom. The van der Waals surface area contributed by atoms with Gasteiger partial charge in [0.25, 0.3) is 0 Å². The van der Waals surface area contributed by atoms with Crippen molar-refractivity contribution in [2.45, 2.75) is 18.5 Å². The van der Waals surface area contributed by atoms with Crippen LogP contribution in [-0.2, 0) is 16.0 Å². The van der Waals surface area contributed by atoms with Crippen molar-refractivity contribution in [2.24, 2.45) is 0 Å². The predicted molar refractivity (Wildman–Crippen MR) is 83.9 cm³/mol. The number of rotatable bonds is 4. The maximum Gasteiger partial charge on any atom is 0.170 e. The molecule has 0 spiro atoms. The number of hydrogen-bond acceptors (Lipinski definition) is 5. The van der Waals surface area contributed by atoms with Gasteiger partial charge in [0.2, 0.25) is 0 Å². The fraction of sp³-hybridized carbons (Fsp3) is 0.417. The molecule has 0 bridgehead atoms. The van der Waals surface area contributed by atoms with Gasteiger partial charge >= 0.3 is 0 Å². The average molecular weight is 327 g/mol. The SMILES string of the molecule is CN(C=N)C(=N)c1ccc(C2CC(C=O)N(C)S(=O)N2)s1. The van der Waals surface area contributed by atoms with Gasteiger partial charge in [-0.2, -0.15) is 0 Å². The third kappa shape index (κ3) is 3.26. The summed E-state index contributed by atoms with van der Waals surface area (Å²) in [5.41, 5.74) is 0. The lowest BCUT2D eigenvalue weighted by molar-refractivity contribution is -0.111. The van der Waals surface area contributed by atoms with Crippen molar-refractivity contribution in [2.75, 3.05) is 14.1 Å². The van der Waals surface area contributed by atoms with Crippen molar-refractivity contribution < 1.29 is 9.00 Å². The molecule has 0 radical (unpaired) electrons.